The van der Waals surface area contributed by atoms with E-state index in [2.05, 4.69) is 35.0 Å². The average Bonchev–Trinajstić information content (AvgIpc) is 3.17. The average molecular weight is 381 g/mol. The van der Waals surface area contributed by atoms with E-state index in [1.54, 1.807) is 7.11 Å². The van der Waals surface area contributed by atoms with E-state index >= 15 is 0 Å². The normalized spacial score (nSPS) is 11.0. The molecule has 3 aromatic rings. The molecular weight excluding hydrogens is 354 g/mol. The highest BCUT2D eigenvalue weighted by molar-refractivity contribution is 5.54. The molecule has 0 aliphatic carbocycles. The number of methoxy groups -OCH3 is 1. The molecule has 3 rings (SSSR count). The molecule has 0 amide bonds. The molecule has 28 heavy (non-hydrogen) atoms. The van der Waals surface area contributed by atoms with E-state index in [1.807, 2.05) is 43.3 Å². The molecule has 6 nitrogen and oxygen atoms in total. The summed E-state index contributed by atoms with van der Waals surface area (Å²) >= 11 is 0. The van der Waals surface area contributed by atoms with Gasteiger partial charge in [0.1, 0.15) is 0 Å². The van der Waals surface area contributed by atoms with Crippen molar-refractivity contribution in [3.8, 4) is 22.9 Å². The standard InChI is InChI=1S/C22H27N3O3/c1-5-25(14-17-9-12-19(27-6-2)20(13-17)26-4)15-21-23-22(24-28-21)18-10-7-16(3)8-11-18/h7-13H,5-6,14-15H2,1-4H3. The highest BCUT2D eigenvalue weighted by Gasteiger charge is 2.14. The van der Waals surface area contributed by atoms with E-state index < -0.39 is 0 Å². The lowest BCUT2D eigenvalue weighted by Crippen LogP contribution is -2.22. The Kier molecular flexibility index (Phi) is 6.66. The molecular formula is C22H27N3O3. The molecule has 148 valence electrons. The SMILES string of the molecule is CCOc1ccc(CN(CC)Cc2nc(-c3ccc(C)cc3)no2)cc1OC. The summed E-state index contributed by atoms with van der Waals surface area (Å²) in [6, 6.07) is 14.1. The quantitative estimate of drug-likeness (QED) is 0.545. The third-order valence-corrected chi connectivity index (χ3v) is 4.52. The maximum absolute atomic E-state index is 5.59. The van der Waals surface area contributed by atoms with E-state index in [1.165, 1.54) is 5.56 Å². The maximum Gasteiger partial charge on any atom is 0.241 e. The van der Waals surface area contributed by atoms with Crippen LogP contribution in [0.5, 0.6) is 11.5 Å². The number of nitrogens with zero attached hydrogens (tertiary/aromatic N) is 3. The summed E-state index contributed by atoms with van der Waals surface area (Å²) in [6.45, 7) is 8.94. The summed E-state index contributed by atoms with van der Waals surface area (Å²) in [5.41, 5.74) is 3.30. The number of hydrogen-bond acceptors (Lipinski definition) is 6. The van der Waals surface area contributed by atoms with Crippen LogP contribution in [0.1, 0.15) is 30.9 Å². The van der Waals surface area contributed by atoms with Gasteiger partial charge in [0, 0.05) is 12.1 Å². The van der Waals surface area contributed by atoms with Crippen LogP contribution in [0.25, 0.3) is 11.4 Å². The van der Waals surface area contributed by atoms with Gasteiger partial charge in [-0.25, -0.2) is 0 Å². The maximum atomic E-state index is 5.59. The highest BCUT2D eigenvalue weighted by Crippen LogP contribution is 2.28. The predicted octanol–water partition coefficient (Wildman–Crippen LogP) is 4.47. The van der Waals surface area contributed by atoms with E-state index in [4.69, 9.17) is 14.0 Å². The number of aryl methyl sites for hydroxylation is 1. The van der Waals surface area contributed by atoms with E-state index in [0.717, 1.165) is 35.7 Å². The van der Waals surface area contributed by atoms with Gasteiger partial charge in [0.05, 0.1) is 20.3 Å². The van der Waals surface area contributed by atoms with Crippen molar-refractivity contribution in [1.29, 1.82) is 0 Å². The second-order valence-corrected chi connectivity index (χ2v) is 6.60. The molecule has 0 radical (unpaired) electrons. The van der Waals surface area contributed by atoms with Crippen molar-refractivity contribution < 1.29 is 14.0 Å². The van der Waals surface area contributed by atoms with Crippen LogP contribution in [0.15, 0.2) is 47.0 Å². The summed E-state index contributed by atoms with van der Waals surface area (Å²) in [5, 5.41) is 4.12. The van der Waals surface area contributed by atoms with E-state index in [-0.39, 0.29) is 0 Å². The molecule has 0 aliphatic rings. The Labute approximate surface area is 166 Å². The van der Waals surface area contributed by atoms with Crippen molar-refractivity contribution in [3.63, 3.8) is 0 Å². The Bertz CT molecular complexity index is 890. The molecule has 0 bridgehead atoms. The number of hydrogen-bond donors (Lipinski definition) is 0. The summed E-state index contributed by atoms with van der Waals surface area (Å²) in [4.78, 5) is 6.79. The molecule has 0 aliphatic heterocycles. The molecule has 1 heterocycles. The Balaban J connectivity index is 1.68. The Morgan fingerprint density at radius 3 is 2.46 bits per heavy atom. The van der Waals surface area contributed by atoms with E-state index in [0.29, 0.717) is 24.9 Å². The first-order valence-electron chi connectivity index (χ1n) is 9.54. The van der Waals surface area contributed by atoms with Crippen LogP contribution < -0.4 is 9.47 Å². The second kappa shape index (κ2) is 9.37. The predicted molar refractivity (Wildman–Crippen MR) is 108 cm³/mol. The molecule has 0 atom stereocenters. The van der Waals surface area contributed by atoms with Gasteiger partial charge in [0.2, 0.25) is 11.7 Å². The van der Waals surface area contributed by atoms with Gasteiger partial charge in [-0.3, -0.25) is 4.90 Å². The molecule has 0 N–H and O–H groups in total. The lowest BCUT2D eigenvalue weighted by molar-refractivity contribution is 0.228. The van der Waals surface area contributed by atoms with Crippen molar-refractivity contribution in [1.82, 2.24) is 15.0 Å². The van der Waals surface area contributed by atoms with Crippen LogP contribution in [-0.2, 0) is 13.1 Å². The lowest BCUT2D eigenvalue weighted by Gasteiger charge is -2.19. The summed E-state index contributed by atoms with van der Waals surface area (Å²) in [7, 11) is 1.66. The van der Waals surface area contributed by atoms with Gasteiger partial charge < -0.3 is 14.0 Å². The fraction of sp³-hybridized carbons (Fsp3) is 0.364. The molecule has 0 spiro atoms. The molecule has 0 fully saturated rings. The minimum atomic E-state index is 0.588. The van der Waals surface area contributed by atoms with Crippen LogP contribution >= 0.6 is 0 Å². The minimum Gasteiger partial charge on any atom is -0.493 e. The van der Waals surface area contributed by atoms with Gasteiger partial charge in [0.25, 0.3) is 0 Å². The smallest absolute Gasteiger partial charge is 0.241 e. The first-order valence-corrected chi connectivity index (χ1v) is 9.54. The largest absolute Gasteiger partial charge is 0.493 e. The molecule has 0 saturated carbocycles. The zero-order valence-corrected chi connectivity index (χ0v) is 16.9. The fourth-order valence-electron chi connectivity index (χ4n) is 2.95. The zero-order chi connectivity index (χ0) is 19.9. The van der Waals surface area contributed by atoms with Gasteiger partial charge in [0.15, 0.2) is 11.5 Å². The van der Waals surface area contributed by atoms with Crippen molar-refractivity contribution in [2.24, 2.45) is 0 Å². The summed E-state index contributed by atoms with van der Waals surface area (Å²) in [6.07, 6.45) is 0. The molecule has 6 heteroatoms. The van der Waals surface area contributed by atoms with Gasteiger partial charge in [-0.05, 0) is 38.1 Å². The van der Waals surface area contributed by atoms with Crippen molar-refractivity contribution >= 4 is 0 Å². The number of aromatic nitrogens is 2. The number of rotatable bonds is 9. The first-order chi connectivity index (χ1) is 13.6. The van der Waals surface area contributed by atoms with Crippen molar-refractivity contribution in [2.75, 3.05) is 20.3 Å². The van der Waals surface area contributed by atoms with Gasteiger partial charge in [-0.2, -0.15) is 4.98 Å². The molecule has 0 unspecified atom stereocenters. The Morgan fingerprint density at radius 1 is 1.00 bits per heavy atom. The molecule has 1 aromatic heterocycles. The lowest BCUT2D eigenvalue weighted by atomic mass is 10.1. The number of ether oxygens (including phenoxy) is 2. The summed E-state index contributed by atoms with van der Waals surface area (Å²) in [5.74, 6) is 2.73. The Morgan fingerprint density at radius 2 is 1.79 bits per heavy atom. The van der Waals surface area contributed by atoms with Crippen LogP contribution in [0.3, 0.4) is 0 Å². The highest BCUT2D eigenvalue weighted by atomic mass is 16.5. The topological polar surface area (TPSA) is 60.6 Å². The Hall–Kier alpha value is -2.86. The van der Waals surface area contributed by atoms with Gasteiger partial charge in [-0.15, -0.1) is 0 Å². The van der Waals surface area contributed by atoms with Crippen molar-refractivity contribution in [3.05, 3.63) is 59.5 Å². The van der Waals surface area contributed by atoms with Gasteiger partial charge in [-0.1, -0.05) is 48.0 Å². The first kappa shape index (κ1) is 19.9. The zero-order valence-electron chi connectivity index (χ0n) is 16.9. The summed E-state index contributed by atoms with van der Waals surface area (Å²) < 4.78 is 16.5. The van der Waals surface area contributed by atoms with Crippen molar-refractivity contribution in [2.45, 2.75) is 33.9 Å². The third kappa shape index (κ3) is 4.89. The third-order valence-electron chi connectivity index (χ3n) is 4.52. The van der Waals surface area contributed by atoms with Gasteiger partial charge >= 0.3 is 0 Å². The van der Waals surface area contributed by atoms with E-state index in [9.17, 15) is 0 Å². The van der Waals surface area contributed by atoms with Crippen LogP contribution in [0.4, 0.5) is 0 Å². The molecule has 2 aromatic carbocycles. The van der Waals surface area contributed by atoms with Crippen LogP contribution in [-0.4, -0.2) is 35.3 Å². The monoisotopic (exact) mass is 381 g/mol. The fourth-order valence-corrected chi connectivity index (χ4v) is 2.95. The number of benzene rings is 2. The van der Waals surface area contributed by atoms with Crippen LogP contribution in [0.2, 0.25) is 0 Å². The molecule has 0 saturated heterocycles. The second-order valence-electron chi connectivity index (χ2n) is 6.60. The van der Waals surface area contributed by atoms with Crippen LogP contribution in [0, 0.1) is 6.92 Å². The minimum absolute atomic E-state index is 0.588.